The van der Waals surface area contributed by atoms with Gasteiger partial charge in [-0.1, -0.05) is 13.8 Å². The molecule has 1 aromatic rings. The van der Waals surface area contributed by atoms with Crippen LogP contribution in [0.2, 0.25) is 0 Å². The molecule has 106 valence electrons. The van der Waals surface area contributed by atoms with Gasteiger partial charge in [-0.2, -0.15) is 4.98 Å². The number of hydrogen-bond acceptors (Lipinski definition) is 6. The summed E-state index contributed by atoms with van der Waals surface area (Å²) in [6, 6.07) is 1.26. The van der Waals surface area contributed by atoms with E-state index < -0.39 is 6.04 Å². The number of nitrogens with one attached hydrogen (secondary N) is 1. The molecule has 0 aromatic carbocycles. The van der Waals surface area contributed by atoms with Gasteiger partial charge < -0.3 is 14.8 Å². The van der Waals surface area contributed by atoms with E-state index in [1.807, 2.05) is 27.7 Å². The first-order chi connectivity index (χ1) is 8.97. The standard InChI is InChI=1S/C13H21N3O3/c1-6-19-10-7-9(4)14-13(15-10)16-11(8(2)3)12(17)18-5/h7-8,11H,6H2,1-5H3,(H,14,15,16). The molecule has 6 heteroatoms. The summed E-state index contributed by atoms with van der Waals surface area (Å²) in [6.07, 6.45) is 0. The van der Waals surface area contributed by atoms with Crippen molar-refractivity contribution >= 4 is 11.9 Å². The Labute approximate surface area is 113 Å². The van der Waals surface area contributed by atoms with Crippen molar-refractivity contribution in [1.29, 1.82) is 0 Å². The molecule has 0 radical (unpaired) electrons. The van der Waals surface area contributed by atoms with Gasteiger partial charge in [0.05, 0.1) is 13.7 Å². The lowest BCUT2D eigenvalue weighted by Crippen LogP contribution is -2.36. The number of esters is 1. The molecule has 0 saturated carbocycles. The van der Waals surface area contributed by atoms with Gasteiger partial charge in [0.2, 0.25) is 11.8 Å². The summed E-state index contributed by atoms with van der Waals surface area (Å²) in [5.74, 6) is 0.586. The Bertz CT molecular complexity index is 435. The first-order valence-corrected chi connectivity index (χ1v) is 6.30. The highest BCUT2D eigenvalue weighted by Crippen LogP contribution is 2.15. The van der Waals surface area contributed by atoms with Gasteiger partial charge in [-0.05, 0) is 19.8 Å². The van der Waals surface area contributed by atoms with Crippen molar-refractivity contribution < 1.29 is 14.3 Å². The van der Waals surface area contributed by atoms with Crippen molar-refractivity contribution in [2.45, 2.75) is 33.7 Å². The number of methoxy groups -OCH3 is 1. The first-order valence-electron chi connectivity index (χ1n) is 6.30. The lowest BCUT2D eigenvalue weighted by molar-refractivity contribution is -0.142. The van der Waals surface area contributed by atoms with Crippen LogP contribution in [-0.2, 0) is 9.53 Å². The van der Waals surface area contributed by atoms with E-state index in [0.29, 0.717) is 18.4 Å². The maximum Gasteiger partial charge on any atom is 0.328 e. The summed E-state index contributed by atoms with van der Waals surface area (Å²) in [7, 11) is 1.36. The number of aryl methyl sites for hydroxylation is 1. The van der Waals surface area contributed by atoms with E-state index in [1.165, 1.54) is 7.11 Å². The van der Waals surface area contributed by atoms with Crippen LogP contribution < -0.4 is 10.1 Å². The lowest BCUT2D eigenvalue weighted by atomic mass is 10.1. The zero-order valence-electron chi connectivity index (χ0n) is 12.1. The number of nitrogens with zero attached hydrogens (tertiary/aromatic N) is 2. The summed E-state index contributed by atoms with van der Waals surface area (Å²) in [4.78, 5) is 20.1. The molecule has 1 aromatic heterocycles. The van der Waals surface area contributed by atoms with E-state index in [4.69, 9.17) is 9.47 Å². The molecule has 0 aliphatic heterocycles. The molecule has 1 unspecified atom stereocenters. The third-order valence-electron chi connectivity index (χ3n) is 2.53. The Morgan fingerprint density at radius 1 is 1.42 bits per heavy atom. The second kappa shape index (κ2) is 6.92. The van der Waals surface area contributed by atoms with Gasteiger partial charge in [-0.15, -0.1) is 0 Å². The van der Waals surface area contributed by atoms with E-state index in [1.54, 1.807) is 6.07 Å². The van der Waals surface area contributed by atoms with Crippen LogP contribution in [0.15, 0.2) is 6.07 Å². The fraction of sp³-hybridized carbons (Fsp3) is 0.615. The summed E-state index contributed by atoms with van der Waals surface area (Å²) in [5, 5.41) is 2.99. The van der Waals surface area contributed by atoms with E-state index >= 15 is 0 Å². The second-order valence-corrected chi connectivity index (χ2v) is 4.49. The molecule has 0 aliphatic rings. The molecule has 0 aliphatic carbocycles. The van der Waals surface area contributed by atoms with E-state index in [9.17, 15) is 4.79 Å². The van der Waals surface area contributed by atoms with Crippen LogP contribution in [0.5, 0.6) is 5.88 Å². The monoisotopic (exact) mass is 267 g/mol. The molecular formula is C13H21N3O3. The van der Waals surface area contributed by atoms with Crippen LogP contribution in [-0.4, -0.2) is 35.7 Å². The number of ether oxygens (including phenoxy) is 2. The molecule has 0 bridgehead atoms. The van der Waals surface area contributed by atoms with Gasteiger partial charge in [0.25, 0.3) is 0 Å². The van der Waals surface area contributed by atoms with Gasteiger partial charge in [-0.25, -0.2) is 9.78 Å². The maximum absolute atomic E-state index is 11.7. The molecule has 0 fully saturated rings. The van der Waals surface area contributed by atoms with Crippen molar-refractivity contribution in [3.8, 4) is 5.88 Å². The van der Waals surface area contributed by atoms with E-state index in [-0.39, 0.29) is 11.9 Å². The summed E-state index contributed by atoms with van der Waals surface area (Å²) < 4.78 is 10.1. The molecule has 1 N–H and O–H groups in total. The molecule has 0 amide bonds. The third kappa shape index (κ3) is 4.39. The van der Waals surface area contributed by atoms with Crippen LogP contribution in [0.25, 0.3) is 0 Å². The number of anilines is 1. The van der Waals surface area contributed by atoms with Gasteiger partial charge in [0.15, 0.2) is 0 Å². The highest BCUT2D eigenvalue weighted by atomic mass is 16.5. The van der Waals surface area contributed by atoms with Gasteiger partial charge in [0, 0.05) is 11.8 Å². The highest BCUT2D eigenvalue weighted by Gasteiger charge is 2.24. The van der Waals surface area contributed by atoms with Gasteiger partial charge >= 0.3 is 5.97 Å². The minimum Gasteiger partial charge on any atom is -0.478 e. The van der Waals surface area contributed by atoms with Crippen LogP contribution in [0.1, 0.15) is 26.5 Å². The summed E-state index contributed by atoms with van der Waals surface area (Å²) in [5.41, 5.74) is 0.772. The first kappa shape index (κ1) is 15.2. The predicted octanol–water partition coefficient (Wildman–Crippen LogP) is 1.79. The zero-order valence-corrected chi connectivity index (χ0v) is 12.1. The van der Waals surface area contributed by atoms with Crippen molar-refractivity contribution in [2.24, 2.45) is 5.92 Å². The molecule has 0 spiro atoms. The Hall–Kier alpha value is -1.85. The molecule has 0 saturated heterocycles. The topological polar surface area (TPSA) is 73.3 Å². The molecule has 1 atom stereocenters. The second-order valence-electron chi connectivity index (χ2n) is 4.49. The Morgan fingerprint density at radius 2 is 2.11 bits per heavy atom. The lowest BCUT2D eigenvalue weighted by Gasteiger charge is -2.20. The zero-order chi connectivity index (χ0) is 14.4. The number of carbonyl (C=O) groups is 1. The SMILES string of the molecule is CCOc1cc(C)nc(NC(C(=O)OC)C(C)C)n1. The average molecular weight is 267 g/mol. The van der Waals surface area contributed by atoms with Crippen LogP contribution in [0, 0.1) is 12.8 Å². The Kier molecular flexibility index (Phi) is 5.54. The molecular weight excluding hydrogens is 246 g/mol. The smallest absolute Gasteiger partial charge is 0.328 e. The van der Waals surface area contributed by atoms with Crippen molar-refractivity contribution in [3.05, 3.63) is 11.8 Å². The normalized spacial score (nSPS) is 12.1. The Morgan fingerprint density at radius 3 is 2.63 bits per heavy atom. The summed E-state index contributed by atoms with van der Waals surface area (Å²) >= 11 is 0. The number of carbonyl (C=O) groups excluding carboxylic acids is 1. The fourth-order valence-electron chi connectivity index (χ4n) is 1.59. The van der Waals surface area contributed by atoms with Crippen LogP contribution in [0.4, 0.5) is 5.95 Å². The van der Waals surface area contributed by atoms with E-state index in [0.717, 1.165) is 5.69 Å². The van der Waals surface area contributed by atoms with Crippen molar-refractivity contribution in [2.75, 3.05) is 19.0 Å². The molecule has 19 heavy (non-hydrogen) atoms. The number of hydrogen-bond donors (Lipinski definition) is 1. The number of rotatable bonds is 6. The van der Waals surface area contributed by atoms with Crippen molar-refractivity contribution in [1.82, 2.24) is 9.97 Å². The molecule has 1 heterocycles. The molecule has 1 rings (SSSR count). The third-order valence-corrected chi connectivity index (χ3v) is 2.53. The van der Waals surface area contributed by atoms with Crippen LogP contribution >= 0.6 is 0 Å². The van der Waals surface area contributed by atoms with Crippen LogP contribution in [0.3, 0.4) is 0 Å². The highest BCUT2D eigenvalue weighted by molar-refractivity contribution is 5.78. The van der Waals surface area contributed by atoms with Gasteiger partial charge in [-0.3, -0.25) is 0 Å². The largest absolute Gasteiger partial charge is 0.478 e. The Balaban J connectivity index is 2.92. The average Bonchev–Trinajstić information content (AvgIpc) is 2.34. The summed E-state index contributed by atoms with van der Waals surface area (Å²) in [6.45, 7) is 8.11. The number of aromatic nitrogens is 2. The fourth-order valence-corrected chi connectivity index (χ4v) is 1.59. The molecule has 6 nitrogen and oxygen atoms in total. The van der Waals surface area contributed by atoms with Crippen molar-refractivity contribution in [3.63, 3.8) is 0 Å². The minimum atomic E-state index is -0.485. The van der Waals surface area contributed by atoms with Gasteiger partial charge in [0.1, 0.15) is 6.04 Å². The maximum atomic E-state index is 11.7. The predicted molar refractivity (Wildman–Crippen MR) is 72.2 cm³/mol. The van der Waals surface area contributed by atoms with E-state index in [2.05, 4.69) is 15.3 Å². The quantitative estimate of drug-likeness (QED) is 0.792. The minimum absolute atomic E-state index is 0.0621.